The second-order valence-electron chi connectivity index (χ2n) is 5.25. The van der Waals surface area contributed by atoms with Gasteiger partial charge < -0.3 is 4.42 Å². The molecule has 0 aliphatic carbocycles. The summed E-state index contributed by atoms with van der Waals surface area (Å²) in [5, 5.41) is 11.1. The Morgan fingerprint density at radius 1 is 1.05 bits per heavy atom. The summed E-state index contributed by atoms with van der Waals surface area (Å²) in [5.41, 5.74) is 2.19. The number of rotatable bonds is 5. The maximum Gasteiger partial charge on any atom is 0.247 e. The zero-order valence-electron chi connectivity index (χ0n) is 12.8. The zero-order valence-corrected chi connectivity index (χ0v) is 14.4. The number of hydrogen-bond acceptors (Lipinski definition) is 5. The van der Waals surface area contributed by atoms with Gasteiger partial charge in [0.25, 0.3) is 0 Å². The number of hydrogen-bond donors (Lipinski definition) is 0. The Hall–Kier alpha value is -1.59. The van der Waals surface area contributed by atoms with Crippen LogP contribution >= 0.6 is 23.1 Å². The Bertz CT molecular complexity index is 719. The van der Waals surface area contributed by atoms with Gasteiger partial charge in [0.15, 0.2) is 0 Å². The summed E-state index contributed by atoms with van der Waals surface area (Å²) < 4.78 is 5.85. The van der Waals surface area contributed by atoms with Crippen LogP contribution in [0.4, 0.5) is 0 Å². The number of nitrogens with zero attached hydrogens (tertiary/aromatic N) is 2. The van der Waals surface area contributed by atoms with E-state index in [9.17, 15) is 0 Å². The van der Waals surface area contributed by atoms with Gasteiger partial charge in [-0.15, -0.1) is 33.3 Å². The van der Waals surface area contributed by atoms with Gasteiger partial charge in [0.2, 0.25) is 11.8 Å². The smallest absolute Gasteiger partial charge is 0.247 e. The molecule has 0 unspecified atom stereocenters. The van der Waals surface area contributed by atoms with Gasteiger partial charge >= 0.3 is 0 Å². The molecular formula is C17H18N2OS2. The van der Waals surface area contributed by atoms with Gasteiger partial charge in [-0.3, -0.25) is 0 Å². The van der Waals surface area contributed by atoms with Crippen molar-refractivity contribution < 1.29 is 4.42 Å². The van der Waals surface area contributed by atoms with Crippen LogP contribution in [0.3, 0.4) is 0 Å². The standard InChI is InChI=1S/C17H18N2OS2/c1-11-6-8-14(9-7-11)17-19-18-16(20-17)13(3)22-12(2)15-5-4-10-21-15/h4-10,12-13H,1-3H3/t12-,13-/m1/s1. The lowest BCUT2D eigenvalue weighted by Crippen LogP contribution is -1.92. The number of aromatic nitrogens is 2. The fourth-order valence-electron chi connectivity index (χ4n) is 2.17. The second kappa shape index (κ2) is 6.67. The molecular weight excluding hydrogens is 312 g/mol. The van der Waals surface area contributed by atoms with E-state index < -0.39 is 0 Å². The van der Waals surface area contributed by atoms with E-state index >= 15 is 0 Å². The molecule has 0 radical (unpaired) electrons. The Balaban J connectivity index is 1.71. The molecule has 2 atom stereocenters. The van der Waals surface area contributed by atoms with E-state index in [2.05, 4.69) is 60.6 Å². The molecule has 5 heteroatoms. The Morgan fingerprint density at radius 3 is 2.50 bits per heavy atom. The SMILES string of the molecule is Cc1ccc(-c2nnc([C@@H](C)S[C@H](C)c3cccs3)o2)cc1. The molecule has 0 spiro atoms. The van der Waals surface area contributed by atoms with Gasteiger partial charge in [-0.25, -0.2) is 0 Å². The summed E-state index contributed by atoms with van der Waals surface area (Å²) in [7, 11) is 0. The molecule has 2 aromatic heterocycles. The highest BCUT2D eigenvalue weighted by Crippen LogP contribution is 2.41. The van der Waals surface area contributed by atoms with Crippen molar-refractivity contribution in [1.29, 1.82) is 0 Å². The first-order valence-corrected chi connectivity index (χ1v) is 9.05. The third kappa shape index (κ3) is 3.42. The average Bonchev–Trinajstić information content (AvgIpc) is 3.20. The molecule has 0 saturated carbocycles. The Kier molecular flexibility index (Phi) is 4.64. The quantitative estimate of drug-likeness (QED) is 0.605. The lowest BCUT2D eigenvalue weighted by Gasteiger charge is -2.12. The van der Waals surface area contributed by atoms with Crippen LogP contribution in [0, 0.1) is 6.92 Å². The van der Waals surface area contributed by atoms with Gasteiger partial charge in [0.05, 0.1) is 5.25 Å². The van der Waals surface area contributed by atoms with Crippen LogP contribution in [0.25, 0.3) is 11.5 Å². The predicted molar refractivity (Wildman–Crippen MR) is 93.2 cm³/mol. The number of thioether (sulfide) groups is 1. The molecule has 22 heavy (non-hydrogen) atoms. The number of benzene rings is 1. The summed E-state index contributed by atoms with van der Waals surface area (Å²) in [6.07, 6.45) is 0. The van der Waals surface area contributed by atoms with Crippen molar-refractivity contribution in [3.8, 4) is 11.5 Å². The summed E-state index contributed by atoms with van der Waals surface area (Å²) >= 11 is 3.62. The average molecular weight is 330 g/mol. The monoisotopic (exact) mass is 330 g/mol. The van der Waals surface area contributed by atoms with Gasteiger partial charge in [-0.1, -0.05) is 23.8 Å². The fourth-order valence-corrected chi connectivity index (χ4v) is 4.20. The molecule has 3 rings (SSSR count). The van der Waals surface area contributed by atoms with Crippen molar-refractivity contribution in [3.63, 3.8) is 0 Å². The van der Waals surface area contributed by atoms with E-state index in [4.69, 9.17) is 4.42 Å². The first-order chi connectivity index (χ1) is 10.6. The Labute approximate surface area is 138 Å². The summed E-state index contributed by atoms with van der Waals surface area (Å²) in [6, 6.07) is 12.4. The molecule has 3 nitrogen and oxygen atoms in total. The van der Waals surface area contributed by atoms with E-state index in [1.807, 2.05) is 23.9 Å². The minimum atomic E-state index is 0.170. The van der Waals surface area contributed by atoms with Crippen LogP contribution in [-0.4, -0.2) is 10.2 Å². The maximum atomic E-state index is 5.85. The van der Waals surface area contributed by atoms with Crippen molar-refractivity contribution in [2.75, 3.05) is 0 Å². The van der Waals surface area contributed by atoms with Crippen LogP contribution in [0.2, 0.25) is 0 Å². The largest absolute Gasteiger partial charge is 0.420 e. The molecule has 0 bridgehead atoms. The summed E-state index contributed by atoms with van der Waals surface area (Å²) in [4.78, 5) is 1.37. The minimum Gasteiger partial charge on any atom is -0.420 e. The van der Waals surface area contributed by atoms with Crippen molar-refractivity contribution in [2.24, 2.45) is 0 Å². The molecule has 0 N–H and O–H groups in total. The zero-order chi connectivity index (χ0) is 15.5. The van der Waals surface area contributed by atoms with E-state index in [0.717, 1.165) is 5.56 Å². The molecule has 0 fully saturated rings. The van der Waals surface area contributed by atoms with Gasteiger partial charge in [0.1, 0.15) is 0 Å². The van der Waals surface area contributed by atoms with E-state index in [1.165, 1.54) is 10.4 Å². The van der Waals surface area contributed by atoms with Crippen LogP contribution in [0.15, 0.2) is 46.2 Å². The molecule has 0 aliphatic heterocycles. The molecule has 114 valence electrons. The summed E-state index contributed by atoms with van der Waals surface area (Å²) in [6.45, 7) is 6.39. The highest BCUT2D eigenvalue weighted by molar-refractivity contribution is 7.99. The minimum absolute atomic E-state index is 0.170. The van der Waals surface area contributed by atoms with E-state index in [-0.39, 0.29) is 5.25 Å². The molecule has 0 aliphatic rings. The highest BCUT2D eigenvalue weighted by Gasteiger charge is 2.19. The van der Waals surface area contributed by atoms with Gasteiger partial charge in [-0.05, 0) is 44.4 Å². The van der Waals surface area contributed by atoms with Crippen LogP contribution in [0.1, 0.15) is 40.7 Å². The number of thiophene rings is 1. The molecule has 3 aromatic rings. The normalized spacial score (nSPS) is 14.0. The van der Waals surface area contributed by atoms with Crippen molar-refractivity contribution in [1.82, 2.24) is 10.2 Å². The van der Waals surface area contributed by atoms with Crippen molar-refractivity contribution >= 4 is 23.1 Å². The highest BCUT2D eigenvalue weighted by atomic mass is 32.2. The van der Waals surface area contributed by atoms with Crippen LogP contribution < -0.4 is 0 Å². The van der Waals surface area contributed by atoms with E-state index in [0.29, 0.717) is 17.0 Å². The van der Waals surface area contributed by atoms with Gasteiger partial charge in [-0.2, -0.15) is 0 Å². The lowest BCUT2D eigenvalue weighted by atomic mass is 10.1. The van der Waals surface area contributed by atoms with E-state index in [1.54, 1.807) is 11.3 Å². The summed E-state index contributed by atoms with van der Waals surface area (Å²) in [5.74, 6) is 1.27. The van der Waals surface area contributed by atoms with Crippen LogP contribution in [0.5, 0.6) is 0 Å². The topological polar surface area (TPSA) is 38.9 Å². The molecule has 0 amide bonds. The van der Waals surface area contributed by atoms with Crippen LogP contribution in [-0.2, 0) is 0 Å². The molecule has 2 heterocycles. The Morgan fingerprint density at radius 2 is 1.82 bits per heavy atom. The first kappa shape index (κ1) is 15.3. The third-order valence-corrected chi connectivity index (χ3v) is 5.92. The lowest BCUT2D eigenvalue weighted by molar-refractivity contribution is 0.509. The third-order valence-electron chi connectivity index (χ3n) is 3.44. The van der Waals surface area contributed by atoms with Crippen molar-refractivity contribution in [3.05, 3.63) is 58.1 Å². The molecule has 1 aromatic carbocycles. The fraction of sp³-hybridized carbons (Fsp3) is 0.294. The maximum absolute atomic E-state index is 5.85. The van der Waals surface area contributed by atoms with Crippen molar-refractivity contribution in [2.45, 2.75) is 31.3 Å². The number of aryl methyl sites for hydroxylation is 1. The van der Waals surface area contributed by atoms with Gasteiger partial charge in [0, 0.05) is 15.7 Å². The predicted octanol–water partition coefficient (Wildman–Crippen LogP) is 5.66. The molecule has 0 saturated heterocycles. The second-order valence-corrected chi connectivity index (χ2v) is 7.91. The first-order valence-electron chi connectivity index (χ1n) is 7.23.